The molecule has 0 saturated heterocycles. The van der Waals surface area contributed by atoms with Gasteiger partial charge in [0.1, 0.15) is 11.4 Å². The van der Waals surface area contributed by atoms with Gasteiger partial charge in [0.05, 0.1) is 20.8 Å². The number of likely N-dealkylation sites (N-methyl/N-ethyl adjacent to an activating group) is 1. The van der Waals surface area contributed by atoms with E-state index in [-0.39, 0.29) is 0 Å². The molecule has 0 unspecified atom stereocenters. The topological polar surface area (TPSA) is 102 Å². The molecule has 1 amide bonds. The summed E-state index contributed by atoms with van der Waals surface area (Å²) >= 11 is 0. The van der Waals surface area contributed by atoms with Crippen LogP contribution in [0.3, 0.4) is 0 Å². The van der Waals surface area contributed by atoms with E-state index in [9.17, 15) is 19.5 Å². The molecular weight excluding hydrogens is 282 g/mol. The summed E-state index contributed by atoms with van der Waals surface area (Å²) in [6, 6.07) is 0. The van der Waals surface area contributed by atoms with Crippen LogP contribution >= 0.6 is 0 Å². The summed E-state index contributed by atoms with van der Waals surface area (Å²) in [7, 11) is 3.45. The fourth-order valence-corrected chi connectivity index (χ4v) is 1.23. The molecule has 0 aromatic carbocycles. The molecule has 0 aliphatic carbocycles. The van der Waals surface area contributed by atoms with Gasteiger partial charge in [0.25, 0.3) is 0 Å². The summed E-state index contributed by atoms with van der Waals surface area (Å²) in [6.07, 6.45) is -0.719. The Hall–Kier alpha value is -2.25. The molecule has 0 fully saturated rings. The number of amides is 1. The molecule has 21 heavy (non-hydrogen) atoms. The van der Waals surface area contributed by atoms with E-state index >= 15 is 0 Å². The molecule has 120 valence electrons. The average Bonchev–Trinajstić information content (AvgIpc) is 2.36. The van der Waals surface area contributed by atoms with Crippen LogP contribution in [0.25, 0.3) is 0 Å². The molecule has 8 heteroatoms. The predicted octanol–water partition coefficient (Wildman–Crippen LogP) is 1.01. The van der Waals surface area contributed by atoms with Crippen molar-refractivity contribution in [1.82, 2.24) is 4.90 Å². The first-order valence-electron chi connectivity index (χ1n) is 6.06. The lowest BCUT2D eigenvalue weighted by atomic mass is 10.2. The highest BCUT2D eigenvalue weighted by molar-refractivity contribution is 6.14. The minimum atomic E-state index is -1.06. The van der Waals surface area contributed by atoms with Gasteiger partial charge in [0, 0.05) is 7.05 Å². The third kappa shape index (κ3) is 6.15. The molecular formula is C13H21NO7. The van der Waals surface area contributed by atoms with Crippen molar-refractivity contribution in [1.29, 1.82) is 0 Å². The van der Waals surface area contributed by atoms with E-state index in [1.807, 2.05) is 0 Å². The van der Waals surface area contributed by atoms with E-state index in [2.05, 4.69) is 9.47 Å². The Kier molecular flexibility index (Phi) is 6.71. The lowest BCUT2D eigenvalue weighted by molar-refractivity contribution is -0.144. The first-order chi connectivity index (χ1) is 9.53. The zero-order valence-corrected chi connectivity index (χ0v) is 13.1. The van der Waals surface area contributed by atoms with E-state index in [0.29, 0.717) is 0 Å². The number of carbonyl (C=O) groups is 3. The molecule has 0 aliphatic rings. The summed E-state index contributed by atoms with van der Waals surface area (Å²) in [5, 5.41) is 9.86. The highest BCUT2D eigenvalue weighted by atomic mass is 16.6. The molecule has 0 aromatic heterocycles. The molecule has 8 nitrogen and oxygen atoms in total. The molecule has 0 heterocycles. The van der Waals surface area contributed by atoms with Crippen LogP contribution in [0, 0.1) is 0 Å². The average molecular weight is 303 g/mol. The maximum atomic E-state index is 11.7. The molecule has 0 saturated carbocycles. The molecule has 0 atom stereocenters. The predicted molar refractivity (Wildman–Crippen MR) is 72.6 cm³/mol. The third-order valence-corrected chi connectivity index (χ3v) is 2.16. The number of nitrogens with zero attached hydrogens (tertiary/aromatic N) is 1. The summed E-state index contributed by atoms with van der Waals surface area (Å²) in [5.41, 5.74) is -1.38. The van der Waals surface area contributed by atoms with Crippen LogP contribution in [0.1, 0.15) is 20.8 Å². The van der Waals surface area contributed by atoms with E-state index in [1.54, 1.807) is 20.8 Å². The molecule has 1 N–H and O–H groups in total. The second-order valence-electron chi connectivity index (χ2n) is 5.14. The van der Waals surface area contributed by atoms with Gasteiger partial charge in [0.2, 0.25) is 0 Å². The normalized spacial score (nSPS) is 10.4. The Morgan fingerprint density at radius 1 is 1.05 bits per heavy atom. The van der Waals surface area contributed by atoms with E-state index in [4.69, 9.17) is 4.74 Å². The number of rotatable bonds is 4. The quantitative estimate of drug-likeness (QED) is 0.206. The van der Waals surface area contributed by atoms with Crippen molar-refractivity contribution in [2.75, 3.05) is 27.8 Å². The monoisotopic (exact) mass is 303 g/mol. The van der Waals surface area contributed by atoms with Crippen molar-refractivity contribution in [3.8, 4) is 0 Å². The number of aliphatic hydroxyl groups excluding tert-OH is 1. The Morgan fingerprint density at radius 3 is 1.81 bits per heavy atom. The molecule has 0 rings (SSSR count). The first kappa shape index (κ1) is 18.8. The molecule has 0 bridgehead atoms. The maximum absolute atomic E-state index is 11.7. The lowest BCUT2D eigenvalue weighted by Crippen LogP contribution is -2.36. The van der Waals surface area contributed by atoms with Crippen LogP contribution in [0.2, 0.25) is 0 Å². The zero-order valence-electron chi connectivity index (χ0n) is 13.1. The van der Waals surface area contributed by atoms with Crippen molar-refractivity contribution in [3.05, 3.63) is 11.3 Å². The Bertz CT molecular complexity index is 430. The van der Waals surface area contributed by atoms with Crippen molar-refractivity contribution in [3.63, 3.8) is 0 Å². The minimum absolute atomic E-state index is 0.408. The maximum Gasteiger partial charge on any atom is 0.410 e. The summed E-state index contributed by atoms with van der Waals surface area (Å²) in [5.74, 6) is -2.77. The van der Waals surface area contributed by atoms with Gasteiger partial charge in [-0.25, -0.2) is 14.4 Å². The van der Waals surface area contributed by atoms with Crippen LogP contribution in [0.4, 0.5) is 4.79 Å². The number of ether oxygens (including phenoxy) is 3. The van der Waals surface area contributed by atoms with Crippen LogP contribution in [-0.2, 0) is 23.8 Å². The lowest BCUT2D eigenvalue weighted by Gasteiger charge is -2.24. The number of esters is 2. The first-order valence-corrected chi connectivity index (χ1v) is 6.06. The van der Waals surface area contributed by atoms with Gasteiger partial charge in [-0.15, -0.1) is 0 Å². The molecule has 0 aliphatic heterocycles. The Morgan fingerprint density at radius 2 is 1.48 bits per heavy atom. The highest BCUT2D eigenvalue weighted by Gasteiger charge is 2.27. The number of aliphatic hydroxyl groups is 1. The minimum Gasteiger partial charge on any atom is -0.509 e. The second kappa shape index (κ2) is 7.51. The van der Waals surface area contributed by atoms with Gasteiger partial charge in [-0.1, -0.05) is 0 Å². The van der Waals surface area contributed by atoms with E-state index in [0.717, 1.165) is 19.1 Å². The largest absolute Gasteiger partial charge is 0.509 e. The Labute approximate surface area is 123 Å². The van der Waals surface area contributed by atoms with E-state index < -0.39 is 41.5 Å². The summed E-state index contributed by atoms with van der Waals surface area (Å²) in [4.78, 5) is 35.7. The summed E-state index contributed by atoms with van der Waals surface area (Å²) < 4.78 is 13.8. The van der Waals surface area contributed by atoms with Crippen molar-refractivity contribution >= 4 is 18.0 Å². The van der Waals surface area contributed by atoms with Crippen LogP contribution in [0.15, 0.2) is 11.3 Å². The number of carbonyl (C=O) groups excluding carboxylic acids is 3. The fraction of sp³-hybridized carbons (Fsp3) is 0.615. The van der Waals surface area contributed by atoms with Crippen molar-refractivity contribution in [2.45, 2.75) is 26.4 Å². The van der Waals surface area contributed by atoms with Crippen molar-refractivity contribution in [2.24, 2.45) is 0 Å². The van der Waals surface area contributed by atoms with Crippen LogP contribution < -0.4 is 0 Å². The standard InChI is InChI=1S/C13H21NO7/c1-13(2,3)21-12(18)14(4)7-8(15)9(10(16)19-5)11(17)20-6/h15H,7H2,1-6H3. The SMILES string of the molecule is COC(=O)C(C(=O)OC)=C(O)CN(C)C(=O)OC(C)(C)C. The number of hydrogen-bond acceptors (Lipinski definition) is 7. The number of hydrogen-bond donors (Lipinski definition) is 1. The van der Waals surface area contributed by atoms with Gasteiger partial charge in [-0.2, -0.15) is 0 Å². The zero-order chi connectivity index (χ0) is 16.8. The number of methoxy groups -OCH3 is 2. The van der Waals surface area contributed by atoms with E-state index in [1.165, 1.54) is 7.05 Å². The fourth-order valence-electron chi connectivity index (χ4n) is 1.23. The summed E-state index contributed by atoms with van der Waals surface area (Å²) in [6.45, 7) is 4.64. The second-order valence-corrected chi connectivity index (χ2v) is 5.14. The van der Waals surface area contributed by atoms with Crippen LogP contribution in [0.5, 0.6) is 0 Å². The van der Waals surface area contributed by atoms with Crippen molar-refractivity contribution < 1.29 is 33.7 Å². The molecule has 0 radical (unpaired) electrons. The van der Waals surface area contributed by atoms with Gasteiger partial charge < -0.3 is 24.2 Å². The Balaban J connectivity index is 5.15. The molecule has 0 spiro atoms. The van der Waals surface area contributed by atoms with Gasteiger partial charge in [-0.05, 0) is 20.8 Å². The highest BCUT2D eigenvalue weighted by Crippen LogP contribution is 2.12. The van der Waals surface area contributed by atoms with Crippen LogP contribution in [-0.4, -0.2) is 61.5 Å². The van der Waals surface area contributed by atoms with Gasteiger partial charge >= 0.3 is 18.0 Å². The smallest absolute Gasteiger partial charge is 0.410 e. The third-order valence-electron chi connectivity index (χ3n) is 2.16. The van der Waals surface area contributed by atoms with Gasteiger partial charge in [0.15, 0.2) is 5.57 Å². The molecule has 0 aromatic rings. The van der Waals surface area contributed by atoms with Gasteiger partial charge in [-0.3, -0.25) is 0 Å².